The summed E-state index contributed by atoms with van der Waals surface area (Å²) < 4.78 is 1.85. The van der Waals surface area contributed by atoms with Gasteiger partial charge in [-0.1, -0.05) is 0 Å². The van der Waals surface area contributed by atoms with Gasteiger partial charge in [0.25, 0.3) is 0 Å². The Morgan fingerprint density at radius 3 is 3.15 bits per heavy atom. The molecule has 108 valence electrons. The van der Waals surface area contributed by atoms with Gasteiger partial charge in [0, 0.05) is 56.5 Å². The first kappa shape index (κ1) is 13.3. The molecule has 2 aromatic rings. The topological polar surface area (TPSA) is 70.0 Å². The standard InChI is InChI=1S/C14H21N5O/c1-18-8-11(7-15-18)9-19-4-2-12(10-19)14-6-13(3-5-20)16-17-14/h6-8,12,20H,2-5,9-10H2,1H3,(H,16,17)/t12-/m1/s1. The summed E-state index contributed by atoms with van der Waals surface area (Å²) in [7, 11) is 1.95. The van der Waals surface area contributed by atoms with Gasteiger partial charge in [0.15, 0.2) is 0 Å². The van der Waals surface area contributed by atoms with Crippen LogP contribution in [-0.4, -0.2) is 49.7 Å². The van der Waals surface area contributed by atoms with Crippen LogP contribution in [0.15, 0.2) is 18.5 Å². The maximum Gasteiger partial charge on any atom is 0.0669 e. The molecule has 0 aliphatic carbocycles. The number of aliphatic hydroxyl groups is 1. The van der Waals surface area contributed by atoms with Gasteiger partial charge in [-0.2, -0.15) is 10.2 Å². The van der Waals surface area contributed by atoms with Crippen molar-refractivity contribution in [2.75, 3.05) is 19.7 Å². The lowest BCUT2D eigenvalue weighted by Gasteiger charge is -2.13. The van der Waals surface area contributed by atoms with E-state index in [0.29, 0.717) is 12.3 Å². The molecule has 1 atom stereocenters. The summed E-state index contributed by atoms with van der Waals surface area (Å²) in [5.41, 5.74) is 3.41. The van der Waals surface area contributed by atoms with Crippen molar-refractivity contribution in [3.05, 3.63) is 35.4 Å². The Balaban J connectivity index is 1.58. The lowest BCUT2D eigenvalue weighted by atomic mass is 10.0. The molecule has 20 heavy (non-hydrogen) atoms. The maximum atomic E-state index is 8.94. The smallest absolute Gasteiger partial charge is 0.0669 e. The molecule has 2 aromatic heterocycles. The van der Waals surface area contributed by atoms with E-state index in [2.05, 4.69) is 32.5 Å². The van der Waals surface area contributed by atoms with Crippen LogP contribution in [0.25, 0.3) is 0 Å². The van der Waals surface area contributed by atoms with Crippen LogP contribution in [0.4, 0.5) is 0 Å². The number of nitrogens with zero attached hydrogens (tertiary/aromatic N) is 4. The van der Waals surface area contributed by atoms with Crippen LogP contribution < -0.4 is 0 Å². The monoisotopic (exact) mass is 275 g/mol. The van der Waals surface area contributed by atoms with E-state index in [0.717, 1.165) is 37.4 Å². The van der Waals surface area contributed by atoms with Gasteiger partial charge in [-0.15, -0.1) is 0 Å². The fraction of sp³-hybridized carbons (Fsp3) is 0.571. The second-order valence-electron chi connectivity index (χ2n) is 5.53. The second-order valence-corrected chi connectivity index (χ2v) is 5.53. The molecule has 1 aliphatic rings. The van der Waals surface area contributed by atoms with Crippen LogP contribution in [0.3, 0.4) is 0 Å². The summed E-state index contributed by atoms with van der Waals surface area (Å²) in [4.78, 5) is 2.45. The fourth-order valence-electron chi connectivity index (χ4n) is 2.87. The fourth-order valence-corrected chi connectivity index (χ4v) is 2.87. The highest BCUT2D eigenvalue weighted by atomic mass is 16.3. The van der Waals surface area contributed by atoms with Gasteiger partial charge in [-0.25, -0.2) is 0 Å². The first-order valence-electron chi connectivity index (χ1n) is 7.09. The van der Waals surface area contributed by atoms with Gasteiger partial charge in [0.05, 0.1) is 11.9 Å². The zero-order valence-corrected chi connectivity index (χ0v) is 11.8. The molecule has 1 fully saturated rings. The summed E-state index contributed by atoms with van der Waals surface area (Å²) in [6, 6.07) is 2.09. The van der Waals surface area contributed by atoms with Crippen LogP contribution in [-0.2, 0) is 20.0 Å². The van der Waals surface area contributed by atoms with Crippen molar-refractivity contribution in [3.63, 3.8) is 0 Å². The molecule has 2 N–H and O–H groups in total. The molecule has 1 saturated heterocycles. The van der Waals surface area contributed by atoms with Crippen LogP contribution in [0.2, 0.25) is 0 Å². The average molecular weight is 275 g/mol. The Morgan fingerprint density at radius 2 is 2.40 bits per heavy atom. The molecule has 0 saturated carbocycles. The molecule has 0 radical (unpaired) electrons. The molecule has 0 unspecified atom stereocenters. The Bertz CT molecular complexity index is 561. The second kappa shape index (κ2) is 5.76. The van der Waals surface area contributed by atoms with E-state index in [-0.39, 0.29) is 6.61 Å². The minimum Gasteiger partial charge on any atom is -0.396 e. The summed E-state index contributed by atoms with van der Waals surface area (Å²) in [6.07, 6.45) is 5.80. The number of likely N-dealkylation sites (tertiary alicyclic amines) is 1. The molecule has 3 rings (SSSR count). The largest absolute Gasteiger partial charge is 0.396 e. The number of H-pyrrole nitrogens is 1. The number of aromatic amines is 1. The van der Waals surface area contributed by atoms with Crippen molar-refractivity contribution in [2.45, 2.75) is 25.3 Å². The van der Waals surface area contributed by atoms with Crippen molar-refractivity contribution >= 4 is 0 Å². The van der Waals surface area contributed by atoms with Gasteiger partial charge in [0.1, 0.15) is 0 Å². The SMILES string of the molecule is Cn1cc(CN2CC[C@@H](c3cc(CCO)[nH]n3)C2)cn1. The molecule has 1 aliphatic heterocycles. The first-order chi connectivity index (χ1) is 9.74. The van der Waals surface area contributed by atoms with E-state index in [4.69, 9.17) is 5.11 Å². The summed E-state index contributed by atoms with van der Waals surface area (Å²) in [5, 5.41) is 20.5. The van der Waals surface area contributed by atoms with E-state index >= 15 is 0 Å². The normalized spacial score (nSPS) is 19.8. The molecular formula is C14H21N5O. The minimum absolute atomic E-state index is 0.166. The lowest BCUT2D eigenvalue weighted by molar-refractivity contribution is 0.298. The number of hydrogen-bond acceptors (Lipinski definition) is 4. The van der Waals surface area contributed by atoms with Gasteiger partial charge in [0.2, 0.25) is 0 Å². The van der Waals surface area contributed by atoms with Crippen LogP contribution in [0.5, 0.6) is 0 Å². The Hall–Kier alpha value is -1.66. The third kappa shape index (κ3) is 2.91. The molecule has 0 amide bonds. The number of nitrogens with one attached hydrogen (secondary N) is 1. The number of rotatable bonds is 5. The van der Waals surface area contributed by atoms with Crippen molar-refractivity contribution in [1.82, 2.24) is 24.9 Å². The van der Waals surface area contributed by atoms with Gasteiger partial charge in [-0.3, -0.25) is 14.7 Å². The van der Waals surface area contributed by atoms with E-state index < -0.39 is 0 Å². The highest BCUT2D eigenvalue weighted by Crippen LogP contribution is 2.27. The molecule has 6 heteroatoms. The van der Waals surface area contributed by atoms with Crippen molar-refractivity contribution in [2.24, 2.45) is 7.05 Å². The minimum atomic E-state index is 0.166. The zero-order valence-electron chi connectivity index (χ0n) is 11.8. The maximum absolute atomic E-state index is 8.94. The van der Waals surface area contributed by atoms with Crippen molar-refractivity contribution < 1.29 is 5.11 Å². The summed E-state index contributed by atoms with van der Waals surface area (Å²) >= 11 is 0. The molecule has 6 nitrogen and oxygen atoms in total. The number of aliphatic hydroxyl groups excluding tert-OH is 1. The van der Waals surface area contributed by atoms with Gasteiger partial charge >= 0.3 is 0 Å². The predicted octanol–water partition coefficient (Wildman–Crippen LogP) is 0.667. The van der Waals surface area contributed by atoms with Crippen molar-refractivity contribution in [3.8, 4) is 0 Å². The molecule has 0 spiro atoms. The lowest BCUT2D eigenvalue weighted by Crippen LogP contribution is -2.19. The highest BCUT2D eigenvalue weighted by Gasteiger charge is 2.25. The number of aromatic nitrogens is 4. The molecule has 0 aromatic carbocycles. The molecule has 3 heterocycles. The summed E-state index contributed by atoms with van der Waals surface area (Å²) in [5.74, 6) is 0.496. The highest BCUT2D eigenvalue weighted by molar-refractivity contribution is 5.16. The molecular weight excluding hydrogens is 254 g/mol. The molecule has 0 bridgehead atoms. The third-order valence-corrected chi connectivity index (χ3v) is 3.89. The van der Waals surface area contributed by atoms with Crippen LogP contribution >= 0.6 is 0 Å². The first-order valence-corrected chi connectivity index (χ1v) is 7.09. The Kier molecular flexibility index (Phi) is 3.84. The van der Waals surface area contributed by atoms with E-state index in [1.807, 2.05) is 17.9 Å². The van der Waals surface area contributed by atoms with Crippen molar-refractivity contribution in [1.29, 1.82) is 0 Å². The van der Waals surface area contributed by atoms with Crippen LogP contribution in [0, 0.1) is 0 Å². The van der Waals surface area contributed by atoms with Gasteiger partial charge in [-0.05, 0) is 19.0 Å². The number of aryl methyl sites for hydroxylation is 1. The predicted molar refractivity (Wildman–Crippen MR) is 75.2 cm³/mol. The average Bonchev–Trinajstić information content (AvgIpc) is 3.12. The van der Waals surface area contributed by atoms with E-state index in [1.54, 1.807) is 0 Å². The third-order valence-electron chi connectivity index (χ3n) is 3.89. The quantitative estimate of drug-likeness (QED) is 0.841. The van der Waals surface area contributed by atoms with E-state index in [9.17, 15) is 0 Å². The van der Waals surface area contributed by atoms with Crippen LogP contribution in [0.1, 0.15) is 29.3 Å². The Morgan fingerprint density at radius 1 is 1.50 bits per heavy atom. The van der Waals surface area contributed by atoms with E-state index in [1.165, 1.54) is 5.56 Å². The zero-order chi connectivity index (χ0) is 13.9. The number of hydrogen-bond donors (Lipinski definition) is 2. The Labute approximate surface area is 118 Å². The van der Waals surface area contributed by atoms with Gasteiger partial charge < -0.3 is 5.11 Å². The summed E-state index contributed by atoms with van der Waals surface area (Å²) in [6.45, 7) is 3.26.